The third-order valence-electron chi connectivity index (χ3n) is 3.95. The summed E-state index contributed by atoms with van der Waals surface area (Å²) in [5, 5.41) is 5.91. The number of hydrogen-bond acceptors (Lipinski definition) is 4. The molecular formula is C20H23FN2O3. The van der Waals surface area contributed by atoms with Gasteiger partial charge in [-0.25, -0.2) is 9.74 Å². The molecule has 2 aromatic rings. The van der Waals surface area contributed by atoms with Crippen molar-refractivity contribution < 1.29 is 19.1 Å². The summed E-state index contributed by atoms with van der Waals surface area (Å²) in [4.78, 5) is 26.6. The molecule has 1 amide bonds. The van der Waals surface area contributed by atoms with Crippen LogP contribution in [0.25, 0.3) is 0 Å². The van der Waals surface area contributed by atoms with Crippen LogP contribution in [0.1, 0.15) is 49.2 Å². The Morgan fingerprint density at radius 2 is 1.73 bits per heavy atom. The van der Waals surface area contributed by atoms with E-state index in [1.165, 1.54) is 6.92 Å². The molecule has 0 spiro atoms. The molecule has 0 bridgehead atoms. The standard InChI is InChI=1S/C20H23FN2O3/c1-12-7-6-8-17(18(12)19(25)26-21)23-16-10-14(20(3,4)5)9-15(11-16)22-13(2)24/h6-11,23H,1-5H3,(H,22,24). The van der Waals surface area contributed by atoms with E-state index in [1.54, 1.807) is 31.2 Å². The van der Waals surface area contributed by atoms with Crippen molar-refractivity contribution in [2.75, 3.05) is 10.6 Å². The van der Waals surface area contributed by atoms with Gasteiger partial charge in [-0.3, -0.25) is 4.79 Å². The molecule has 2 rings (SSSR count). The fourth-order valence-corrected chi connectivity index (χ4v) is 2.65. The summed E-state index contributed by atoms with van der Waals surface area (Å²) in [7, 11) is 0. The lowest BCUT2D eigenvalue weighted by atomic mass is 9.86. The largest absolute Gasteiger partial charge is 0.381 e. The predicted octanol–water partition coefficient (Wildman–Crippen LogP) is 5.04. The van der Waals surface area contributed by atoms with E-state index in [0.717, 1.165) is 5.56 Å². The first kappa shape index (κ1) is 19.4. The van der Waals surface area contributed by atoms with E-state index in [1.807, 2.05) is 12.1 Å². The fraction of sp³-hybridized carbons (Fsp3) is 0.300. The Balaban J connectivity index is 2.51. The number of amides is 1. The molecule has 0 saturated heterocycles. The van der Waals surface area contributed by atoms with Crippen LogP contribution in [-0.2, 0) is 15.2 Å². The highest BCUT2D eigenvalue weighted by Crippen LogP contribution is 2.31. The van der Waals surface area contributed by atoms with E-state index in [0.29, 0.717) is 22.6 Å². The summed E-state index contributed by atoms with van der Waals surface area (Å²) in [5.41, 5.74) is 3.28. The second kappa shape index (κ2) is 7.56. The van der Waals surface area contributed by atoms with Crippen molar-refractivity contribution in [3.63, 3.8) is 0 Å². The minimum absolute atomic E-state index is 0.122. The van der Waals surface area contributed by atoms with Gasteiger partial charge in [0.05, 0.1) is 11.3 Å². The van der Waals surface area contributed by atoms with Gasteiger partial charge in [0.15, 0.2) is 0 Å². The fourth-order valence-electron chi connectivity index (χ4n) is 2.65. The molecule has 2 aromatic carbocycles. The zero-order valence-corrected chi connectivity index (χ0v) is 15.6. The second-order valence-electron chi connectivity index (χ2n) is 7.22. The molecule has 2 N–H and O–H groups in total. The van der Waals surface area contributed by atoms with Gasteiger partial charge in [-0.2, -0.15) is 0 Å². The number of benzene rings is 2. The SMILES string of the molecule is CC(=O)Nc1cc(Nc2cccc(C)c2C(=O)OF)cc(C(C)(C)C)c1. The number of rotatable bonds is 4. The molecule has 138 valence electrons. The summed E-state index contributed by atoms with van der Waals surface area (Å²) < 4.78 is 12.5. The Labute approximate surface area is 152 Å². The van der Waals surface area contributed by atoms with Gasteiger partial charge in [0, 0.05) is 22.8 Å². The van der Waals surface area contributed by atoms with Crippen LogP contribution in [0.3, 0.4) is 0 Å². The molecule has 0 unspecified atom stereocenters. The van der Waals surface area contributed by atoms with Crippen LogP contribution in [0.15, 0.2) is 36.4 Å². The normalized spacial score (nSPS) is 11.0. The smallest absolute Gasteiger partial charge is 0.355 e. The molecular weight excluding hydrogens is 335 g/mol. The van der Waals surface area contributed by atoms with Crippen molar-refractivity contribution in [3.8, 4) is 0 Å². The highest BCUT2D eigenvalue weighted by Gasteiger charge is 2.19. The summed E-state index contributed by atoms with van der Waals surface area (Å²) in [6, 6.07) is 10.7. The molecule has 0 atom stereocenters. The summed E-state index contributed by atoms with van der Waals surface area (Å²) in [6.07, 6.45) is 0. The molecule has 26 heavy (non-hydrogen) atoms. The number of carbonyl (C=O) groups excluding carboxylic acids is 2. The molecule has 0 aliphatic rings. The zero-order valence-electron chi connectivity index (χ0n) is 15.6. The molecule has 0 fully saturated rings. The lowest BCUT2D eigenvalue weighted by Crippen LogP contribution is -2.14. The van der Waals surface area contributed by atoms with Crippen molar-refractivity contribution in [3.05, 3.63) is 53.1 Å². The van der Waals surface area contributed by atoms with Crippen LogP contribution >= 0.6 is 0 Å². The monoisotopic (exact) mass is 358 g/mol. The van der Waals surface area contributed by atoms with E-state index in [4.69, 9.17) is 0 Å². The Morgan fingerprint density at radius 1 is 1.08 bits per heavy atom. The van der Waals surface area contributed by atoms with E-state index in [2.05, 4.69) is 36.3 Å². The van der Waals surface area contributed by atoms with Gasteiger partial charge < -0.3 is 10.6 Å². The molecule has 6 heteroatoms. The number of anilines is 3. The Morgan fingerprint density at radius 3 is 2.31 bits per heavy atom. The summed E-state index contributed by atoms with van der Waals surface area (Å²) in [6.45, 7) is 9.31. The van der Waals surface area contributed by atoms with Crippen molar-refractivity contribution in [2.45, 2.75) is 40.0 Å². The van der Waals surface area contributed by atoms with Gasteiger partial charge in [-0.05, 0) is 47.7 Å². The Hall–Kier alpha value is -2.89. The van der Waals surface area contributed by atoms with Crippen molar-refractivity contribution in [1.29, 1.82) is 0 Å². The van der Waals surface area contributed by atoms with Crippen molar-refractivity contribution in [2.24, 2.45) is 0 Å². The second-order valence-corrected chi connectivity index (χ2v) is 7.22. The van der Waals surface area contributed by atoms with Crippen LogP contribution in [-0.4, -0.2) is 11.9 Å². The van der Waals surface area contributed by atoms with Crippen LogP contribution in [0, 0.1) is 6.92 Å². The lowest BCUT2D eigenvalue weighted by molar-refractivity contribution is -0.114. The molecule has 0 aliphatic carbocycles. The van der Waals surface area contributed by atoms with Gasteiger partial charge in [0.2, 0.25) is 5.91 Å². The third-order valence-corrected chi connectivity index (χ3v) is 3.95. The average Bonchev–Trinajstić information content (AvgIpc) is 2.52. The molecule has 0 radical (unpaired) electrons. The van der Waals surface area contributed by atoms with Crippen molar-refractivity contribution in [1.82, 2.24) is 0 Å². The maximum atomic E-state index is 12.5. The molecule has 0 heterocycles. The molecule has 0 aliphatic heterocycles. The first-order valence-corrected chi connectivity index (χ1v) is 8.24. The minimum atomic E-state index is -1.06. The summed E-state index contributed by atoms with van der Waals surface area (Å²) in [5.74, 6) is -1.24. The number of nitrogens with one attached hydrogen (secondary N) is 2. The highest BCUT2D eigenvalue weighted by atomic mass is 19.3. The van der Waals surface area contributed by atoms with E-state index in [9.17, 15) is 14.1 Å². The highest BCUT2D eigenvalue weighted by molar-refractivity contribution is 5.98. The topological polar surface area (TPSA) is 67.4 Å². The predicted molar refractivity (Wildman–Crippen MR) is 100 cm³/mol. The average molecular weight is 358 g/mol. The number of halogens is 1. The maximum absolute atomic E-state index is 12.5. The lowest BCUT2D eigenvalue weighted by Gasteiger charge is -2.22. The first-order chi connectivity index (χ1) is 12.1. The van der Waals surface area contributed by atoms with Gasteiger partial charge in [-0.15, -0.1) is 0 Å². The van der Waals surface area contributed by atoms with E-state index in [-0.39, 0.29) is 16.9 Å². The van der Waals surface area contributed by atoms with Gasteiger partial charge in [-0.1, -0.05) is 32.9 Å². The maximum Gasteiger partial charge on any atom is 0.381 e. The number of hydrogen-bond donors (Lipinski definition) is 2. The Kier molecular flexibility index (Phi) is 5.65. The van der Waals surface area contributed by atoms with E-state index >= 15 is 0 Å². The van der Waals surface area contributed by atoms with Gasteiger partial charge in [0.1, 0.15) is 0 Å². The van der Waals surface area contributed by atoms with Crippen molar-refractivity contribution >= 4 is 28.9 Å². The first-order valence-electron chi connectivity index (χ1n) is 8.24. The Bertz CT molecular complexity index is 841. The molecule has 0 aromatic heterocycles. The van der Waals surface area contributed by atoms with Gasteiger partial charge in [0.25, 0.3) is 0 Å². The van der Waals surface area contributed by atoms with E-state index < -0.39 is 5.97 Å². The summed E-state index contributed by atoms with van der Waals surface area (Å²) >= 11 is 0. The minimum Gasteiger partial charge on any atom is -0.355 e. The van der Waals surface area contributed by atoms with Crippen LogP contribution in [0.5, 0.6) is 0 Å². The third kappa shape index (κ3) is 4.59. The van der Waals surface area contributed by atoms with Crippen LogP contribution in [0.2, 0.25) is 0 Å². The number of carbonyl (C=O) groups is 2. The zero-order chi connectivity index (χ0) is 19.5. The van der Waals surface area contributed by atoms with Gasteiger partial charge >= 0.3 is 5.97 Å². The quantitative estimate of drug-likeness (QED) is 0.804. The molecule has 5 nitrogen and oxygen atoms in total. The van der Waals surface area contributed by atoms with Crippen LogP contribution < -0.4 is 10.6 Å². The molecule has 0 saturated carbocycles. The number of aryl methyl sites for hydroxylation is 1. The van der Waals surface area contributed by atoms with Crippen LogP contribution in [0.4, 0.5) is 21.6 Å².